The fourth-order valence-corrected chi connectivity index (χ4v) is 2.89. The molecule has 2 heteroatoms. The minimum absolute atomic E-state index is 0.693. The number of anilines is 2. The molecule has 0 spiro atoms. The Morgan fingerprint density at radius 1 is 1.35 bits per heavy atom. The molecule has 2 nitrogen and oxygen atoms in total. The SMILES string of the molecule is CCCC1CCCCN1c1ccc(C)cc1N. The third-order valence-corrected chi connectivity index (χ3v) is 3.74. The minimum atomic E-state index is 0.693. The van der Waals surface area contributed by atoms with Gasteiger partial charge in [-0.3, -0.25) is 0 Å². The number of aryl methyl sites for hydroxylation is 1. The van der Waals surface area contributed by atoms with Crippen molar-refractivity contribution in [3.8, 4) is 0 Å². The first kappa shape index (κ1) is 12.3. The molecule has 94 valence electrons. The van der Waals surface area contributed by atoms with Crippen molar-refractivity contribution in [2.24, 2.45) is 0 Å². The summed E-state index contributed by atoms with van der Waals surface area (Å²) in [7, 11) is 0. The average Bonchev–Trinajstić information content (AvgIpc) is 2.31. The van der Waals surface area contributed by atoms with Crippen molar-refractivity contribution in [2.75, 3.05) is 17.2 Å². The number of hydrogen-bond acceptors (Lipinski definition) is 2. The fraction of sp³-hybridized carbons (Fsp3) is 0.600. The van der Waals surface area contributed by atoms with Crippen LogP contribution in [0.3, 0.4) is 0 Å². The Hall–Kier alpha value is -1.18. The summed E-state index contributed by atoms with van der Waals surface area (Å²) in [6.45, 7) is 5.53. The highest BCUT2D eigenvalue weighted by atomic mass is 15.2. The van der Waals surface area contributed by atoms with Crippen LogP contribution in [0.2, 0.25) is 0 Å². The molecule has 17 heavy (non-hydrogen) atoms. The molecule has 2 rings (SSSR count). The van der Waals surface area contributed by atoms with Gasteiger partial charge in [0.25, 0.3) is 0 Å². The normalized spacial score (nSPS) is 20.6. The molecular weight excluding hydrogens is 208 g/mol. The number of rotatable bonds is 3. The Balaban J connectivity index is 2.23. The summed E-state index contributed by atoms with van der Waals surface area (Å²) in [5.41, 5.74) is 9.60. The lowest BCUT2D eigenvalue weighted by atomic mass is 9.97. The van der Waals surface area contributed by atoms with Gasteiger partial charge in [0.1, 0.15) is 0 Å². The minimum Gasteiger partial charge on any atom is -0.397 e. The lowest BCUT2D eigenvalue weighted by Gasteiger charge is -2.38. The summed E-state index contributed by atoms with van der Waals surface area (Å²) in [5.74, 6) is 0. The number of piperidine rings is 1. The smallest absolute Gasteiger partial charge is 0.0602 e. The van der Waals surface area contributed by atoms with Crippen molar-refractivity contribution in [2.45, 2.75) is 52.0 Å². The van der Waals surface area contributed by atoms with E-state index in [4.69, 9.17) is 5.73 Å². The Labute approximate surface area is 105 Å². The van der Waals surface area contributed by atoms with Crippen LogP contribution in [0, 0.1) is 6.92 Å². The predicted octanol–water partition coefficient (Wildman–Crippen LogP) is 3.74. The quantitative estimate of drug-likeness (QED) is 0.804. The Bertz CT molecular complexity index is 371. The first-order valence-electron chi connectivity index (χ1n) is 6.85. The molecule has 0 radical (unpaired) electrons. The van der Waals surface area contributed by atoms with Gasteiger partial charge in [-0.05, 0) is 50.3 Å². The fourth-order valence-electron chi connectivity index (χ4n) is 2.89. The van der Waals surface area contributed by atoms with Crippen LogP contribution in [0.1, 0.15) is 44.6 Å². The van der Waals surface area contributed by atoms with Crippen molar-refractivity contribution < 1.29 is 0 Å². The van der Waals surface area contributed by atoms with Crippen molar-refractivity contribution in [3.05, 3.63) is 23.8 Å². The summed E-state index contributed by atoms with van der Waals surface area (Å²) in [6, 6.07) is 7.15. The highest BCUT2D eigenvalue weighted by molar-refractivity contribution is 5.69. The molecule has 0 bridgehead atoms. The molecule has 0 aromatic heterocycles. The molecule has 1 heterocycles. The van der Waals surface area contributed by atoms with E-state index in [2.05, 4.69) is 36.9 Å². The maximum Gasteiger partial charge on any atom is 0.0602 e. The van der Waals surface area contributed by atoms with Gasteiger partial charge in [-0.15, -0.1) is 0 Å². The first-order chi connectivity index (χ1) is 8.22. The van der Waals surface area contributed by atoms with Crippen molar-refractivity contribution in [1.29, 1.82) is 0 Å². The zero-order valence-corrected chi connectivity index (χ0v) is 11.1. The van der Waals surface area contributed by atoms with E-state index < -0.39 is 0 Å². The maximum absolute atomic E-state index is 6.17. The molecule has 1 aromatic carbocycles. The average molecular weight is 232 g/mol. The Kier molecular flexibility index (Phi) is 3.93. The van der Waals surface area contributed by atoms with Gasteiger partial charge in [0, 0.05) is 12.6 Å². The van der Waals surface area contributed by atoms with Crippen LogP contribution >= 0.6 is 0 Å². The Morgan fingerprint density at radius 3 is 2.88 bits per heavy atom. The highest BCUT2D eigenvalue weighted by Crippen LogP contribution is 2.31. The van der Waals surface area contributed by atoms with E-state index in [1.807, 2.05) is 0 Å². The molecule has 1 fully saturated rings. The van der Waals surface area contributed by atoms with E-state index in [0.717, 1.165) is 12.2 Å². The van der Waals surface area contributed by atoms with Crippen molar-refractivity contribution in [1.82, 2.24) is 0 Å². The molecule has 1 aromatic rings. The third kappa shape index (κ3) is 2.74. The van der Waals surface area contributed by atoms with Crippen molar-refractivity contribution >= 4 is 11.4 Å². The summed E-state index contributed by atoms with van der Waals surface area (Å²) in [6.07, 6.45) is 6.53. The zero-order valence-electron chi connectivity index (χ0n) is 11.1. The molecule has 1 unspecified atom stereocenters. The van der Waals surface area contributed by atoms with Crippen LogP contribution in [-0.2, 0) is 0 Å². The van der Waals surface area contributed by atoms with Gasteiger partial charge in [0.05, 0.1) is 11.4 Å². The molecule has 2 N–H and O–H groups in total. The summed E-state index contributed by atoms with van der Waals surface area (Å²) >= 11 is 0. The number of nitrogens with two attached hydrogens (primary N) is 1. The standard InChI is InChI=1S/C15H24N2/c1-3-6-13-7-4-5-10-17(13)15-9-8-12(2)11-14(15)16/h8-9,11,13H,3-7,10,16H2,1-2H3. The van der Waals surface area contributed by atoms with E-state index in [9.17, 15) is 0 Å². The van der Waals surface area contributed by atoms with Gasteiger partial charge < -0.3 is 10.6 Å². The van der Waals surface area contributed by atoms with Gasteiger partial charge >= 0.3 is 0 Å². The monoisotopic (exact) mass is 232 g/mol. The second kappa shape index (κ2) is 5.44. The number of nitrogens with zero attached hydrogens (tertiary/aromatic N) is 1. The second-order valence-corrected chi connectivity index (χ2v) is 5.19. The van der Waals surface area contributed by atoms with Gasteiger partial charge in [-0.1, -0.05) is 19.4 Å². The Morgan fingerprint density at radius 2 is 2.18 bits per heavy atom. The summed E-state index contributed by atoms with van der Waals surface area (Å²) < 4.78 is 0. The molecule has 0 amide bonds. The third-order valence-electron chi connectivity index (χ3n) is 3.74. The molecule has 1 saturated heterocycles. The summed E-state index contributed by atoms with van der Waals surface area (Å²) in [5, 5.41) is 0. The molecular formula is C15H24N2. The van der Waals surface area contributed by atoms with Crippen LogP contribution in [0.25, 0.3) is 0 Å². The van der Waals surface area contributed by atoms with E-state index in [1.165, 1.54) is 43.4 Å². The van der Waals surface area contributed by atoms with Crippen LogP contribution in [0.4, 0.5) is 11.4 Å². The molecule has 1 aliphatic rings. The summed E-state index contributed by atoms with van der Waals surface area (Å²) in [4.78, 5) is 2.53. The number of nitrogen functional groups attached to an aromatic ring is 1. The van der Waals surface area contributed by atoms with E-state index in [-0.39, 0.29) is 0 Å². The van der Waals surface area contributed by atoms with E-state index in [0.29, 0.717) is 6.04 Å². The van der Waals surface area contributed by atoms with Gasteiger partial charge in [0.15, 0.2) is 0 Å². The van der Waals surface area contributed by atoms with Gasteiger partial charge in [0.2, 0.25) is 0 Å². The number of hydrogen-bond donors (Lipinski definition) is 1. The maximum atomic E-state index is 6.17. The molecule has 0 aliphatic carbocycles. The first-order valence-corrected chi connectivity index (χ1v) is 6.85. The molecule has 1 atom stereocenters. The molecule has 0 saturated carbocycles. The van der Waals surface area contributed by atoms with Crippen LogP contribution in [0.15, 0.2) is 18.2 Å². The van der Waals surface area contributed by atoms with Crippen molar-refractivity contribution in [3.63, 3.8) is 0 Å². The van der Waals surface area contributed by atoms with Crippen LogP contribution in [-0.4, -0.2) is 12.6 Å². The van der Waals surface area contributed by atoms with Gasteiger partial charge in [-0.2, -0.15) is 0 Å². The largest absolute Gasteiger partial charge is 0.397 e. The highest BCUT2D eigenvalue weighted by Gasteiger charge is 2.22. The predicted molar refractivity (Wildman–Crippen MR) is 75.5 cm³/mol. The lowest BCUT2D eigenvalue weighted by Crippen LogP contribution is -2.39. The topological polar surface area (TPSA) is 29.3 Å². The van der Waals surface area contributed by atoms with Gasteiger partial charge in [-0.25, -0.2) is 0 Å². The zero-order chi connectivity index (χ0) is 12.3. The van der Waals surface area contributed by atoms with E-state index in [1.54, 1.807) is 0 Å². The second-order valence-electron chi connectivity index (χ2n) is 5.19. The van der Waals surface area contributed by atoms with Crippen LogP contribution < -0.4 is 10.6 Å². The van der Waals surface area contributed by atoms with Crippen LogP contribution in [0.5, 0.6) is 0 Å². The number of benzene rings is 1. The van der Waals surface area contributed by atoms with E-state index >= 15 is 0 Å². The molecule has 1 aliphatic heterocycles. The lowest BCUT2D eigenvalue weighted by molar-refractivity contribution is 0.435.